The van der Waals surface area contributed by atoms with Crippen LogP contribution in [0.2, 0.25) is 0 Å². The summed E-state index contributed by atoms with van der Waals surface area (Å²) in [6, 6.07) is 36.9. The monoisotopic (exact) mass is 717 g/mol. The zero-order valence-corrected chi connectivity index (χ0v) is 31.0. The van der Waals surface area contributed by atoms with Crippen LogP contribution in [0.5, 0.6) is 23.0 Å². The van der Waals surface area contributed by atoms with Gasteiger partial charge in [-0.15, -0.1) is 0 Å². The Bertz CT molecular complexity index is 2210. The summed E-state index contributed by atoms with van der Waals surface area (Å²) in [6.45, 7) is 3.71. The summed E-state index contributed by atoms with van der Waals surface area (Å²) < 4.78 is 6.22. The summed E-state index contributed by atoms with van der Waals surface area (Å²) in [6.07, 6.45) is 4.51. The minimum Gasteiger partial charge on any atom is -0.507 e. The normalized spacial score (nSPS) is 12.3. The first-order valence-electron chi connectivity index (χ1n) is 18.7. The van der Waals surface area contributed by atoms with Gasteiger partial charge in [0, 0.05) is 25.7 Å². The quantitative estimate of drug-likeness (QED) is 0.120. The third-order valence-corrected chi connectivity index (χ3v) is 10.4. The number of aromatic hydroxyl groups is 3. The predicted octanol–water partition coefficient (Wildman–Crippen LogP) is 8.53. The van der Waals surface area contributed by atoms with Crippen molar-refractivity contribution in [2.24, 2.45) is 5.73 Å². The van der Waals surface area contributed by atoms with Gasteiger partial charge in [0.2, 0.25) is 0 Å². The average molecular weight is 718 g/mol. The molecule has 0 heterocycles. The van der Waals surface area contributed by atoms with Gasteiger partial charge in [-0.3, -0.25) is 4.79 Å². The molecule has 0 aromatic heterocycles. The molecule has 0 unspecified atom stereocenters. The number of carbonyl (C=O) groups excluding carboxylic acids is 1. The third-order valence-electron chi connectivity index (χ3n) is 10.4. The van der Waals surface area contributed by atoms with Gasteiger partial charge in [-0.2, -0.15) is 0 Å². The van der Waals surface area contributed by atoms with E-state index in [-0.39, 0.29) is 23.9 Å². The van der Waals surface area contributed by atoms with Crippen molar-refractivity contribution in [2.45, 2.75) is 65.2 Å². The van der Waals surface area contributed by atoms with Gasteiger partial charge in [-0.1, -0.05) is 120 Å². The van der Waals surface area contributed by atoms with Crippen molar-refractivity contribution in [2.75, 3.05) is 6.61 Å². The maximum absolute atomic E-state index is 12.1. The summed E-state index contributed by atoms with van der Waals surface area (Å²) in [4.78, 5) is 12.1. The molecule has 6 aromatic rings. The average Bonchev–Trinajstić information content (AvgIpc) is 3.15. The number of aryl methyl sites for hydroxylation is 6. The smallest absolute Gasteiger partial charge is 0.255 e. The SMILES string of the molecule is Cc1cc2c(O)c(c1)Cc1cc(CCc3ccccc3)cc(c1OCC(N)=O)Cc1cc(C)cc(c1O)Cc1cc(CCc3ccccc3)cc(c1O)C2. The number of phenols is 3. The lowest BCUT2D eigenvalue weighted by Gasteiger charge is -2.21. The molecular weight excluding hydrogens is 671 g/mol. The Morgan fingerprint density at radius 2 is 0.815 bits per heavy atom. The molecule has 0 atom stereocenters. The minimum absolute atomic E-state index is 0.166. The van der Waals surface area contributed by atoms with Crippen LogP contribution in [0, 0.1) is 13.8 Å². The summed E-state index contributed by atoms with van der Waals surface area (Å²) >= 11 is 0. The van der Waals surface area contributed by atoms with E-state index in [1.54, 1.807) is 0 Å². The van der Waals surface area contributed by atoms with Gasteiger partial charge in [0.1, 0.15) is 23.0 Å². The standard InChI is InChI=1S/C48H47NO5/c1-30-17-36-25-40-21-34(15-13-32-9-5-3-6-10-32)22-41(47(40)53)26-37-18-31(2)20-39(46(37)52)28-43-24-35(16-14-33-11-7-4-8-12-33)23-42(27-38(19-30)45(36)51)48(43)54-29-44(49)50/h3-12,17-24,51-53H,13-16,25-29H2,1-2H3,(H2,49,50). The maximum atomic E-state index is 12.1. The number of nitrogens with two attached hydrogens (primary N) is 1. The summed E-state index contributed by atoms with van der Waals surface area (Å²) in [5.74, 6) is 0.441. The molecular formula is C48H47NO5. The van der Waals surface area contributed by atoms with Crippen LogP contribution in [0.4, 0.5) is 0 Å². The number of benzene rings is 6. The maximum Gasteiger partial charge on any atom is 0.255 e. The molecule has 274 valence electrons. The fraction of sp³-hybridized carbons (Fsp3) is 0.229. The van der Waals surface area contributed by atoms with Gasteiger partial charge < -0.3 is 25.8 Å². The molecule has 0 spiro atoms. The minimum atomic E-state index is -0.590. The van der Waals surface area contributed by atoms with E-state index in [0.717, 1.165) is 70.2 Å². The second kappa shape index (κ2) is 15.9. The Labute approximate surface area is 317 Å². The van der Waals surface area contributed by atoms with Gasteiger partial charge in [0.25, 0.3) is 5.91 Å². The van der Waals surface area contributed by atoms with Crippen molar-refractivity contribution in [3.63, 3.8) is 0 Å². The number of hydrogen-bond acceptors (Lipinski definition) is 5. The highest BCUT2D eigenvalue weighted by molar-refractivity contribution is 5.75. The number of ether oxygens (including phenoxy) is 1. The van der Waals surface area contributed by atoms with E-state index in [0.29, 0.717) is 53.7 Å². The predicted molar refractivity (Wildman–Crippen MR) is 214 cm³/mol. The first-order valence-corrected chi connectivity index (χ1v) is 18.7. The number of fused-ring (bicyclic) bond motifs is 8. The molecule has 8 bridgehead atoms. The summed E-state index contributed by atoms with van der Waals surface area (Å²) in [5, 5.41) is 35.7. The molecule has 6 aromatic carbocycles. The lowest BCUT2D eigenvalue weighted by atomic mass is 9.87. The number of phenolic OH excluding ortho intramolecular Hbond substituents is 3. The lowest BCUT2D eigenvalue weighted by molar-refractivity contribution is -0.119. The highest BCUT2D eigenvalue weighted by atomic mass is 16.5. The van der Waals surface area contributed by atoms with Gasteiger partial charge in [-0.25, -0.2) is 0 Å². The van der Waals surface area contributed by atoms with Crippen molar-refractivity contribution >= 4 is 5.91 Å². The molecule has 0 fully saturated rings. The second-order valence-electron chi connectivity index (χ2n) is 14.8. The van der Waals surface area contributed by atoms with E-state index >= 15 is 0 Å². The largest absolute Gasteiger partial charge is 0.507 e. The molecule has 6 heteroatoms. The molecule has 5 N–H and O–H groups in total. The van der Waals surface area contributed by atoms with Crippen LogP contribution in [-0.2, 0) is 56.2 Å². The van der Waals surface area contributed by atoms with E-state index in [2.05, 4.69) is 36.4 Å². The van der Waals surface area contributed by atoms with Crippen molar-refractivity contribution in [1.29, 1.82) is 0 Å². The number of amides is 1. The summed E-state index contributed by atoms with van der Waals surface area (Å²) in [5.41, 5.74) is 18.1. The van der Waals surface area contributed by atoms with Gasteiger partial charge in [-0.05, 0) is 106 Å². The van der Waals surface area contributed by atoms with Crippen molar-refractivity contribution < 1.29 is 24.9 Å². The van der Waals surface area contributed by atoms with Crippen LogP contribution in [0.3, 0.4) is 0 Å². The fourth-order valence-corrected chi connectivity index (χ4v) is 7.90. The van der Waals surface area contributed by atoms with Gasteiger partial charge in [0.05, 0.1) is 0 Å². The van der Waals surface area contributed by atoms with Crippen LogP contribution >= 0.6 is 0 Å². The Morgan fingerprint density at radius 3 is 1.19 bits per heavy atom. The molecule has 0 saturated heterocycles. The molecule has 1 aliphatic rings. The van der Waals surface area contributed by atoms with Crippen LogP contribution in [-0.4, -0.2) is 27.8 Å². The fourth-order valence-electron chi connectivity index (χ4n) is 7.90. The van der Waals surface area contributed by atoms with Gasteiger partial charge >= 0.3 is 0 Å². The first kappa shape index (κ1) is 36.4. The van der Waals surface area contributed by atoms with Gasteiger partial charge in [0.15, 0.2) is 6.61 Å². The van der Waals surface area contributed by atoms with E-state index in [1.807, 2.05) is 86.6 Å². The van der Waals surface area contributed by atoms with E-state index < -0.39 is 5.91 Å². The summed E-state index contributed by atoms with van der Waals surface area (Å²) in [7, 11) is 0. The van der Waals surface area contributed by atoms with Crippen LogP contribution < -0.4 is 10.5 Å². The third kappa shape index (κ3) is 8.44. The van der Waals surface area contributed by atoms with Crippen molar-refractivity contribution in [3.8, 4) is 23.0 Å². The van der Waals surface area contributed by atoms with Crippen LogP contribution in [0.15, 0.2) is 109 Å². The molecule has 7 rings (SSSR count). The van der Waals surface area contributed by atoms with Crippen LogP contribution in [0.25, 0.3) is 0 Å². The van der Waals surface area contributed by atoms with Crippen LogP contribution in [0.1, 0.15) is 77.9 Å². The second-order valence-corrected chi connectivity index (χ2v) is 14.8. The molecule has 1 amide bonds. The first-order chi connectivity index (χ1) is 26.1. The Hall–Kier alpha value is -6.01. The molecule has 6 nitrogen and oxygen atoms in total. The number of rotatable bonds is 9. The molecule has 54 heavy (non-hydrogen) atoms. The Morgan fingerprint density at radius 1 is 0.500 bits per heavy atom. The zero-order chi connectivity index (χ0) is 37.8. The topological polar surface area (TPSA) is 113 Å². The van der Waals surface area contributed by atoms with E-state index in [1.165, 1.54) is 11.1 Å². The highest BCUT2D eigenvalue weighted by Gasteiger charge is 2.22. The van der Waals surface area contributed by atoms with Crippen molar-refractivity contribution in [1.82, 2.24) is 0 Å². The van der Waals surface area contributed by atoms with E-state index in [4.69, 9.17) is 10.5 Å². The lowest BCUT2D eigenvalue weighted by Crippen LogP contribution is -2.21. The molecule has 0 aliphatic heterocycles. The molecule has 0 radical (unpaired) electrons. The molecule has 1 aliphatic carbocycles. The van der Waals surface area contributed by atoms with Crippen molar-refractivity contribution in [3.05, 3.63) is 187 Å². The number of primary amides is 1. The molecule has 0 saturated carbocycles. The van der Waals surface area contributed by atoms with E-state index in [9.17, 15) is 20.1 Å². The number of carbonyl (C=O) groups is 1. The zero-order valence-electron chi connectivity index (χ0n) is 31.0. The Kier molecular flexibility index (Phi) is 10.7. The highest BCUT2D eigenvalue weighted by Crippen LogP contribution is 2.40. The Balaban J connectivity index is 1.39. The number of hydrogen-bond donors (Lipinski definition) is 4.